The van der Waals surface area contributed by atoms with Crippen LogP contribution in [0.15, 0.2) is 12.1 Å². The van der Waals surface area contributed by atoms with E-state index in [-0.39, 0.29) is 16.8 Å². The average Bonchev–Trinajstić information content (AvgIpc) is 2.10. The maximum atomic E-state index is 9.40. The standard InChI is InChI=1S/C10H14ClNO2/c1-6(12)3-7-4-9(13)8(11)5-10(7)14-2/h4-6,13H,3,12H2,1-2H3. The Labute approximate surface area is 88.4 Å². The number of methoxy groups -OCH3 is 1. The van der Waals surface area contributed by atoms with E-state index in [1.165, 1.54) is 0 Å². The number of phenolic OH excluding ortho intramolecular Hbond substituents is 1. The predicted molar refractivity (Wildman–Crippen MR) is 57.0 cm³/mol. The van der Waals surface area contributed by atoms with Crippen LogP contribution in [-0.4, -0.2) is 18.3 Å². The van der Waals surface area contributed by atoms with E-state index in [9.17, 15) is 5.11 Å². The highest BCUT2D eigenvalue weighted by molar-refractivity contribution is 6.32. The Bertz CT molecular complexity index is 326. The second-order valence-electron chi connectivity index (χ2n) is 3.30. The van der Waals surface area contributed by atoms with Crippen LogP contribution in [0.5, 0.6) is 11.5 Å². The van der Waals surface area contributed by atoms with Crippen molar-refractivity contribution < 1.29 is 9.84 Å². The monoisotopic (exact) mass is 215 g/mol. The molecule has 0 aliphatic heterocycles. The Morgan fingerprint density at radius 3 is 2.71 bits per heavy atom. The third-order valence-corrected chi connectivity index (χ3v) is 2.19. The van der Waals surface area contributed by atoms with Gasteiger partial charge in [0.2, 0.25) is 0 Å². The van der Waals surface area contributed by atoms with Gasteiger partial charge in [0, 0.05) is 12.1 Å². The second-order valence-corrected chi connectivity index (χ2v) is 3.70. The molecule has 0 bridgehead atoms. The van der Waals surface area contributed by atoms with Gasteiger partial charge in [-0.25, -0.2) is 0 Å². The van der Waals surface area contributed by atoms with Crippen molar-refractivity contribution in [3.05, 3.63) is 22.7 Å². The molecule has 1 unspecified atom stereocenters. The van der Waals surface area contributed by atoms with Gasteiger partial charge in [0.15, 0.2) is 0 Å². The Morgan fingerprint density at radius 1 is 1.57 bits per heavy atom. The number of halogens is 1. The predicted octanol–water partition coefficient (Wildman–Crippen LogP) is 1.94. The SMILES string of the molecule is COc1cc(Cl)c(O)cc1CC(C)N. The summed E-state index contributed by atoms with van der Waals surface area (Å²) in [6, 6.07) is 3.20. The number of phenols is 1. The van der Waals surface area contributed by atoms with Crippen LogP contribution in [0.2, 0.25) is 5.02 Å². The van der Waals surface area contributed by atoms with Crippen LogP contribution in [-0.2, 0) is 6.42 Å². The van der Waals surface area contributed by atoms with Gasteiger partial charge in [0.1, 0.15) is 11.5 Å². The largest absolute Gasteiger partial charge is 0.506 e. The first-order valence-corrected chi connectivity index (χ1v) is 4.73. The molecule has 0 saturated heterocycles. The summed E-state index contributed by atoms with van der Waals surface area (Å²) in [6.07, 6.45) is 0.647. The van der Waals surface area contributed by atoms with Crippen molar-refractivity contribution in [1.29, 1.82) is 0 Å². The van der Waals surface area contributed by atoms with Gasteiger partial charge < -0.3 is 15.6 Å². The lowest BCUT2D eigenvalue weighted by molar-refractivity contribution is 0.405. The van der Waals surface area contributed by atoms with Crippen LogP contribution in [0, 0.1) is 0 Å². The van der Waals surface area contributed by atoms with Crippen molar-refractivity contribution in [2.45, 2.75) is 19.4 Å². The quantitative estimate of drug-likeness (QED) is 0.810. The minimum atomic E-state index is 0.0180. The minimum Gasteiger partial charge on any atom is -0.506 e. The summed E-state index contributed by atoms with van der Waals surface area (Å²) >= 11 is 5.74. The minimum absolute atomic E-state index is 0.0180. The molecule has 3 N–H and O–H groups in total. The third kappa shape index (κ3) is 2.53. The summed E-state index contributed by atoms with van der Waals surface area (Å²) in [5.74, 6) is 0.716. The van der Waals surface area contributed by atoms with Gasteiger partial charge in [-0.2, -0.15) is 0 Å². The van der Waals surface area contributed by atoms with E-state index in [1.54, 1.807) is 19.2 Å². The highest BCUT2D eigenvalue weighted by Gasteiger charge is 2.09. The number of aromatic hydroxyl groups is 1. The molecule has 1 aromatic carbocycles. The van der Waals surface area contributed by atoms with Crippen molar-refractivity contribution in [2.75, 3.05) is 7.11 Å². The summed E-state index contributed by atoms with van der Waals surface area (Å²) in [5.41, 5.74) is 6.53. The molecule has 1 rings (SSSR count). The third-order valence-electron chi connectivity index (χ3n) is 1.89. The fourth-order valence-corrected chi connectivity index (χ4v) is 1.44. The molecule has 1 atom stereocenters. The number of hydrogen-bond donors (Lipinski definition) is 2. The van der Waals surface area contributed by atoms with E-state index in [0.29, 0.717) is 12.2 Å². The molecule has 0 aliphatic carbocycles. The highest BCUT2D eigenvalue weighted by Crippen LogP contribution is 2.32. The Hall–Kier alpha value is -0.930. The normalized spacial score (nSPS) is 12.6. The maximum absolute atomic E-state index is 9.40. The maximum Gasteiger partial charge on any atom is 0.134 e. The van der Waals surface area contributed by atoms with Gasteiger partial charge in [0.25, 0.3) is 0 Å². The first-order chi connectivity index (χ1) is 6.54. The Balaban J connectivity index is 3.07. The zero-order valence-electron chi connectivity index (χ0n) is 8.25. The van der Waals surface area contributed by atoms with Crippen molar-refractivity contribution in [3.63, 3.8) is 0 Å². The lowest BCUT2D eigenvalue weighted by Gasteiger charge is -2.11. The van der Waals surface area contributed by atoms with Crippen LogP contribution < -0.4 is 10.5 Å². The fourth-order valence-electron chi connectivity index (χ4n) is 1.28. The van der Waals surface area contributed by atoms with Gasteiger partial charge >= 0.3 is 0 Å². The molecule has 0 radical (unpaired) electrons. The summed E-state index contributed by atoms with van der Waals surface area (Å²) in [5, 5.41) is 9.69. The van der Waals surface area contributed by atoms with E-state index in [2.05, 4.69) is 0 Å². The summed E-state index contributed by atoms with van der Waals surface area (Å²) in [4.78, 5) is 0. The van der Waals surface area contributed by atoms with Gasteiger partial charge in [-0.15, -0.1) is 0 Å². The fraction of sp³-hybridized carbons (Fsp3) is 0.400. The van der Waals surface area contributed by atoms with Crippen molar-refractivity contribution in [1.82, 2.24) is 0 Å². The average molecular weight is 216 g/mol. The summed E-state index contributed by atoms with van der Waals surface area (Å²) in [7, 11) is 1.56. The highest BCUT2D eigenvalue weighted by atomic mass is 35.5. The van der Waals surface area contributed by atoms with Crippen molar-refractivity contribution in [2.24, 2.45) is 5.73 Å². The summed E-state index contributed by atoms with van der Waals surface area (Å²) < 4.78 is 5.13. The van der Waals surface area contributed by atoms with Gasteiger partial charge in [-0.1, -0.05) is 11.6 Å². The second kappa shape index (κ2) is 4.53. The summed E-state index contributed by atoms with van der Waals surface area (Å²) in [6.45, 7) is 1.89. The molecule has 4 heteroatoms. The Kier molecular flexibility index (Phi) is 3.61. The molecule has 1 aromatic rings. The molecule has 14 heavy (non-hydrogen) atoms. The number of hydrogen-bond acceptors (Lipinski definition) is 3. The van der Waals surface area contributed by atoms with Crippen LogP contribution in [0.1, 0.15) is 12.5 Å². The van der Waals surface area contributed by atoms with Crippen LogP contribution in [0.3, 0.4) is 0 Å². The molecule has 78 valence electrons. The molecular formula is C10H14ClNO2. The zero-order valence-corrected chi connectivity index (χ0v) is 9.01. The molecule has 0 aliphatic rings. The molecule has 0 heterocycles. The van der Waals surface area contributed by atoms with Crippen LogP contribution >= 0.6 is 11.6 Å². The van der Waals surface area contributed by atoms with Gasteiger partial charge in [0.05, 0.1) is 12.1 Å². The Morgan fingerprint density at radius 2 is 2.21 bits per heavy atom. The molecule has 0 saturated carbocycles. The van der Waals surface area contributed by atoms with Crippen molar-refractivity contribution >= 4 is 11.6 Å². The van der Waals surface area contributed by atoms with E-state index in [1.807, 2.05) is 6.92 Å². The van der Waals surface area contributed by atoms with E-state index in [4.69, 9.17) is 22.1 Å². The lowest BCUT2D eigenvalue weighted by atomic mass is 10.1. The van der Waals surface area contributed by atoms with Crippen LogP contribution in [0.4, 0.5) is 0 Å². The van der Waals surface area contributed by atoms with E-state index < -0.39 is 0 Å². The first-order valence-electron chi connectivity index (χ1n) is 4.35. The first kappa shape index (κ1) is 11.1. The number of benzene rings is 1. The number of nitrogens with two attached hydrogens (primary N) is 1. The molecular weight excluding hydrogens is 202 g/mol. The molecule has 0 spiro atoms. The zero-order chi connectivity index (χ0) is 10.7. The molecule has 3 nitrogen and oxygen atoms in total. The lowest BCUT2D eigenvalue weighted by Crippen LogP contribution is -2.18. The number of ether oxygens (including phenoxy) is 1. The van der Waals surface area contributed by atoms with Crippen LogP contribution in [0.25, 0.3) is 0 Å². The van der Waals surface area contributed by atoms with E-state index >= 15 is 0 Å². The van der Waals surface area contributed by atoms with E-state index in [0.717, 1.165) is 5.56 Å². The molecule has 0 aromatic heterocycles. The molecule has 0 fully saturated rings. The topological polar surface area (TPSA) is 55.5 Å². The van der Waals surface area contributed by atoms with Gasteiger partial charge in [-0.05, 0) is 25.0 Å². The smallest absolute Gasteiger partial charge is 0.134 e. The van der Waals surface area contributed by atoms with Crippen molar-refractivity contribution in [3.8, 4) is 11.5 Å². The number of rotatable bonds is 3. The molecule has 0 amide bonds. The van der Waals surface area contributed by atoms with Gasteiger partial charge in [-0.3, -0.25) is 0 Å².